The Balaban J connectivity index is 2.60. The van der Waals surface area contributed by atoms with Gasteiger partial charge in [-0.05, 0) is 18.8 Å². The third-order valence-electron chi connectivity index (χ3n) is 2.44. The molecule has 1 aliphatic rings. The molecule has 1 aliphatic heterocycles. The molecule has 0 aromatic carbocycles. The molecular weight excluding hydrogens is 176 g/mol. The van der Waals surface area contributed by atoms with Gasteiger partial charge >= 0.3 is 0 Å². The van der Waals surface area contributed by atoms with Crippen LogP contribution in [-0.4, -0.2) is 18.5 Å². The second kappa shape index (κ2) is 4.63. The molecule has 1 fully saturated rings. The maximum atomic E-state index is 5.95. The largest absolute Gasteiger partial charge is 0.347 e. The maximum absolute atomic E-state index is 5.95. The van der Waals surface area contributed by atoms with Crippen LogP contribution in [0, 0.1) is 11.8 Å². The van der Waals surface area contributed by atoms with Crippen molar-refractivity contribution in [1.29, 1.82) is 0 Å². The predicted octanol–water partition coefficient (Wildman–Crippen LogP) is 3.21. The summed E-state index contributed by atoms with van der Waals surface area (Å²) in [6, 6.07) is 0. The Bertz CT molecular complexity index is 165. The first-order chi connectivity index (χ1) is 6.43. The van der Waals surface area contributed by atoms with Crippen LogP contribution in [0.1, 0.15) is 47.5 Å². The molecule has 14 heavy (non-hydrogen) atoms. The average Bonchev–Trinajstić information content (AvgIpc) is 2.28. The average molecular weight is 200 g/mol. The minimum atomic E-state index is -0.290. The molecule has 1 atom stereocenters. The Morgan fingerprint density at radius 1 is 1.14 bits per heavy atom. The van der Waals surface area contributed by atoms with Crippen molar-refractivity contribution in [3.8, 4) is 0 Å². The third kappa shape index (κ3) is 3.25. The lowest BCUT2D eigenvalue weighted by Gasteiger charge is -2.31. The molecular formula is C12H24O2. The molecule has 0 saturated carbocycles. The van der Waals surface area contributed by atoms with Gasteiger partial charge in [0.05, 0.1) is 12.7 Å². The standard InChI is InChI=1S/C12H24O2/c1-9(2)6-12(7-10(3)4)13-8-11(5)14-12/h9-11H,6-8H2,1-5H3. The number of hydrogen-bond donors (Lipinski definition) is 0. The zero-order valence-corrected chi connectivity index (χ0v) is 10.2. The Hall–Kier alpha value is -0.0800. The lowest BCUT2D eigenvalue weighted by molar-refractivity contribution is -0.187. The highest BCUT2D eigenvalue weighted by molar-refractivity contribution is 4.79. The first-order valence-corrected chi connectivity index (χ1v) is 5.75. The fourth-order valence-electron chi connectivity index (χ4n) is 2.25. The molecule has 0 bridgehead atoms. The maximum Gasteiger partial charge on any atom is 0.169 e. The van der Waals surface area contributed by atoms with Crippen molar-refractivity contribution in [1.82, 2.24) is 0 Å². The molecule has 2 nitrogen and oxygen atoms in total. The molecule has 0 radical (unpaired) electrons. The summed E-state index contributed by atoms with van der Waals surface area (Å²) in [6.45, 7) is 11.7. The van der Waals surface area contributed by atoms with E-state index in [1.165, 1.54) is 0 Å². The highest BCUT2D eigenvalue weighted by Crippen LogP contribution is 2.35. The Kier molecular flexibility index (Phi) is 3.96. The van der Waals surface area contributed by atoms with Crippen molar-refractivity contribution in [2.75, 3.05) is 6.61 Å². The molecule has 0 aromatic rings. The van der Waals surface area contributed by atoms with Crippen LogP contribution in [0.25, 0.3) is 0 Å². The van der Waals surface area contributed by atoms with Gasteiger partial charge in [-0.2, -0.15) is 0 Å². The lowest BCUT2D eigenvalue weighted by atomic mass is 9.94. The van der Waals surface area contributed by atoms with Crippen LogP contribution in [0.5, 0.6) is 0 Å². The molecule has 0 spiro atoms. The van der Waals surface area contributed by atoms with E-state index in [0.29, 0.717) is 11.8 Å². The molecule has 0 amide bonds. The van der Waals surface area contributed by atoms with Crippen LogP contribution in [0.15, 0.2) is 0 Å². The van der Waals surface area contributed by atoms with Gasteiger partial charge < -0.3 is 9.47 Å². The molecule has 1 rings (SSSR count). The van der Waals surface area contributed by atoms with Crippen LogP contribution in [-0.2, 0) is 9.47 Å². The van der Waals surface area contributed by atoms with Crippen molar-refractivity contribution in [2.45, 2.75) is 59.4 Å². The summed E-state index contributed by atoms with van der Waals surface area (Å²) in [4.78, 5) is 0. The SMILES string of the molecule is CC(C)CC1(CC(C)C)OCC(C)O1. The topological polar surface area (TPSA) is 18.5 Å². The van der Waals surface area contributed by atoms with Crippen LogP contribution in [0.2, 0.25) is 0 Å². The summed E-state index contributed by atoms with van der Waals surface area (Å²) >= 11 is 0. The number of hydrogen-bond acceptors (Lipinski definition) is 2. The fraction of sp³-hybridized carbons (Fsp3) is 1.00. The van der Waals surface area contributed by atoms with Crippen molar-refractivity contribution < 1.29 is 9.47 Å². The van der Waals surface area contributed by atoms with Crippen LogP contribution in [0.3, 0.4) is 0 Å². The summed E-state index contributed by atoms with van der Waals surface area (Å²) in [5, 5.41) is 0. The van der Waals surface area contributed by atoms with E-state index >= 15 is 0 Å². The zero-order chi connectivity index (χ0) is 10.8. The highest BCUT2D eigenvalue weighted by atomic mass is 16.7. The monoisotopic (exact) mass is 200 g/mol. The first kappa shape index (κ1) is 12.0. The fourth-order valence-corrected chi connectivity index (χ4v) is 2.25. The minimum Gasteiger partial charge on any atom is -0.347 e. The quantitative estimate of drug-likeness (QED) is 0.693. The van der Waals surface area contributed by atoms with Crippen molar-refractivity contribution in [3.63, 3.8) is 0 Å². The molecule has 84 valence electrons. The van der Waals surface area contributed by atoms with E-state index in [4.69, 9.17) is 9.47 Å². The smallest absolute Gasteiger partial charge is 0.169 e. The number of rotatable bonds is 4. The molecule has 0 N–H and O–H groups in total. The van der Waals surface area contributed by atoms with Gasteiger partial charge in [-0.1, -0.05) is 27.7 Å². The van der Waals surface area contributed by atoms with Crippen LogP contribution in [0.4, 0.5) is 0 Å². The summed E-state index contributed by atoms with van der Waals surface area (Å²) in [6.07, 6.45) is 2.28. The van der Waals surface area contributed by atoms with Gasteiger partial charge in [0.1, 0.15) is 0 Å². The van der Waals surface area contributed by atoms with Gasteiger partial charge in [-0.15, -0.1) is 0 Å². The first-order valence-electron chi connectivity index (χ1n) is 5.75. The predicted molar refractivity (Wildman–Crippen MR) is 58.1 cm³/mol. The van der Waals surface area contributed by atoms with E-state index in [9.17, 15) is 0 Å². The third-order valence-corrected chi connectivity index (χ3v) is 2.44. The summed E-state index contributed by atoms with van der Waals surface area (Å²) < 4.78 is 11.8. The van der Waals surface area contributed by atoms with Gasteiger partial charge in [0.25, 0.3) is 0 Å². The van der Waals surface area contributed by atoms with Gasteiger partial charge in [0, 0.05) is 12.8 Å². The summed E-state index contributed by atoms with van der Waals surface area (Å²) in [7, 11) is 0. The highest BCUT2D eigenvalue weighted by Gasteiger charge is 2.40. The molecule has 1 unspecified atom stereocenters. The van der Waals surface area contributed by atoms with Gasteiger partial charge in [0.2, 0.25) is 0 Å². The van der Waals surface area contributed by atoms with Crippen LogP contribution < -0.4 is 0 Å². The summed E-state index contributed by atoms with van der Waals surface area (Å²) in [5.74, 6) is 0.958. The van der Waals surface area contributed by atoms with E-state index < -0.39 is 0 Å². The minimum absolute atomic E-state index is 0.257. The zero-order valence-electron chi connectivity index (χ0n) is 10.2. The van der Waals surface area contributed by atoms with E-state index in [-0.39, 0.29) is 11.9 Å². The molecule has 0 aromatic heterocycles. The molecule has 1 heterocycles. The molecule has 1 saturated heterocycles. The van der Waals surface area contributed by atoms with E-state index in [2.05, 4.69) is 34.6 Å². The van der Waals surface area contributed by atoms with Gasteiger partial charge in [0.15, 0.2) is 5.79 Å². The van der Waals surface area contributed by atoms with Crippen LogP contribution >= 0.6 is 0 Å². The van der Waals surface area contributed by atoms with E-state index in [0.717, 1.165) is 19.4 Å². The van der Waals surface area contributed by atoms with Crippen molar-refractivity contribution in [3.05, 3.63) is 0 Å². The van der Waals surface area contributed by atoms with Crippen molar-refractivity contribution in [2.24, 2.45) is 11.8 Å². The lowest BCUT2D eigenvalue weighted by Crippen LogP contribution is -2.34. The molecule has 0 aliphatic carbocycles. The Labute approximate surface area is 88.0 Å². The molecule has 2 heteroatoms. The summed E-state index contributed by atoms with van der Waals surface area (Å²) in [5.41, 5.74) is 0. The second-order valence-electron chi connectivity index (χ2n) is 5.35. The normalized spacial score (nSPS) is 26.4. The second-order valence-corrected chi connectivity index (χ2v) is 5.35. The van der Waals surface area contributed by atoms with Gasteiger partial charge in [-0.25, -0.2) is 0 Å². The van der Waals surface area contributed by atoms with E-state index in [1.807, 2.05) is 0 Å². The number of ether oxygens (including phenoxy) is 2. The Morgan fingerprint density at radius 3 is 1.93 bits per heavy atom. The van der Waals surface area contributed by atoms with Crippen molar-refractivity contribution >= 4 is 0 Å². The van der Waals surface area contributed by atoms with Gasteiger partial charge in [-0.3, -0.25) is 0 Å². The Morgan fingerprint density at radius 2 is 1.64 bits per heavy atom. The van der Waals surface area contributed by atoms with E-state index in [1.54, 1.807) is 0 Å².